The first kappa shape index (κ1) is 63.3. The summed E-state index contributed by atoms with van der Waals surface area (Å²) in [6, 6.07) is 134. The molecule has 8 nitrogen and oxygen atoms in total. The molecule has 0 bridgehead atoms. The van der Waals surface area contributed by atoms with Crippen molar-refractivity contribution in [3.05, 3.63) is 421 Å². The van der Waals surface area contributed by atoms with Crippen LogP contribution in [0.4, 0.5) is 0 Å². The third kappa shape index (κ3) is 9.55. The second-order valence-corrected chi connectivity index (χ2v) is 29.4. The summed E-state index contributed by atoms with van der Waals surface area (Å²) >= 11 is 0. The maximum absolute atomic E-state index is 6.76. The van der Waals surface area contributed by atoms with Crippen LogP contribution in [0.3, 0.4) is 0 Å². The van der Waals surface area contributed by atoms with E-state index >= 15 is 0 Å². The molecule has 17 aromatic carbocycles. The van der Waals surface area contributed by atoms with E-state index < -0.39 is 10.8 Å². The quantitative estimate of drug-likeness (QED) is 0.132. The number of hydrogen-bond acceptors (Lipinski definition) is 8. The highest BCUT2D eigenvalue weighted by Crippen LogP contribution is 2.64. The lowest BCUT2D eigenvalue weighted by molar-refractivity contribution is 0.436. The largest absolute Gasteiger partial charge is 0.457 e. The van der Waals surface area contributed by atoms with Crippen LogP contribution in [-0.4, -0.2) is 29.9 Å². The zero-order valence-electron chi connectivity index (χ0n) is 60.3. The Balaban J connectivity index is 0.682. The minimum absolute atomic E-state index is 0.543. The van der Waals surface area contributed by atoms with Crippen LogP contribution in [-0.2, 0) is 10.8 Å². The Bertz CT molecular complexity index is 7060. The van der Waals surface area contributed by atoms with Crippen molar-refractivity contribution >= 4 is 32.3 Å². The fraction of sp³-hybridized carbons (Fsp3) is 0.0192. The number of ether oxygens (including phenoxy) is 2. The smallest absolute Gasteiger partial charge is 0.164 e. The predicted molar refractivity (Wildman–Crippen MR) is 449 cm³/mol. The van der Waals surface area contributed by atoms with Crippen molar-refractivity contribution in [2.45, 2.75) is 10.8 Å². The topological polar surface area (TPSA) is 95.8 Å². The van der Waals surface area contributed by atoms with Gasteiger partial charge in [0.25, 0.3) is 0 Å². The van der Waals surface area contributed by atoms with Gasteiger partial charge in [-0.15, -0.1) is 0 Å². The molecule has 520 valence electrons. The fourth-order valence-corrected chi connectivity index (χ4v) is 18.6. The Hall–Kier alpha value is -14.9. The highest BCUT2D eigenvalue weighted by atomic mass is 16.5. The number of hydrogen-bond donors (Lipinski definition) is 0. The van der Waals surface area contributed by atoms with Crippen molar-refractivity contribution < 1.29 is 9.47 Å². The van der Waals surface area contributed by atoms with E-state index in [1.54, 1.807) is 0 Å². The van der Waals surface area contributed by atoms with Crippen molar-refractivity contribution in [1.29, 1.82) is 0 Å². The molecule has 2 aromatic heterocycles. The lowest BCUT2D eigenvalue weighted by atomic mass is 9.66. The molecule has 0 radical (unpaired) electrons. The highest BCUT2D eigenvalue weighted by molar-refractivity contribution is 6.14. The maximum Gasteiger partial charge on any atom is 0.164 e. The molecular formula is C104H62N6O2. The number of fused-ring (bicyclic) bond motifs is 22. The van der Waals surface area contributed by atoms with Crippen LogP contribution in [0.15, 0.2) is 376 Å². The zero-order valence-corrected chi connectivity index (χ0v) is 60.3. The third-order valence-electron chi connectivity index (χ3n) is 23.6. The fourth-order valence-electron chi connectivity index (χ4n) is 18.6. The summed E-state index contributed by atoms with van der Waals surface area (Å²) in [6.07, 6.45) is 0. The Labute approximate surface area is 646 Å². The molecule has 0 fully saturated rings. The second-order valence-electron chi connectivity index (χ2n) is 29.4. The van der Waals surface area contributed by atoms with Gasteiger partial charge in [-0.05, 0) is 159 Å². The normalized spacial score (nSPS) is 13.3. The first-order valence-electron chi connectivity index (χ1n) is 38.0. The van der Waals surface area contributed by atoms with Crippen LogP contribution in [0.1, 0.15) is 44.5 Å². The minimum Gasteiger partial charge on any atom is -0.457 e. The summed E-state index contributed by atoms with van der Waals surface area (Å²) in [6.45, 7) is 0. The molecule has 4 aliphatic rings. The average Bonchev–Trinajstić information content (AvgIpc) is 1.50. The average molecular weight is 1430 g/mol. The molecule has 0 atom stereocenters. The number of aromatic nitrogens is 6. The first-order chi connectivity index (χ1) is 55.5. The third-order valence-corrected chi connectivity index (χ3v) is 23.6. The summed E-state index contributed by atoms with van der Waals surface area (Å²) in [5.41, 5.74) is 23.8. The first-order valence-corrected chi connectivity index (χ1v) is 38.0. The lowest BCUT2D eigenvalue weighted by Gasteiger charge is -2.39. The van der Waals surface area contributed by atoms with E-state index in [0.29, 0.717) is 34.9 Å². The van der Waals surface area contributed by atoms with Gasteiger partial charge in [0.2, 0.25) is 0 Å². The molecule has 0 amide bonds. The van der Waals surface area contributed by atoms with Crippen molar-refractivity contribution in [2.24, 2.45) is 0 Å². The molecule has 19 aromatic rings. The molecule has 0 N–H and O–H groups in total. The molecule has 0 saturated carbocycles. The zero-order chi connectivity index (χ0) is 73.6. The van der Waals surface area contributed by atoms with Crippen LogP contribution < -0.4 is 9.47 Å². The van der Waals surface area contributed by atoms with E-state index in [4.69, 9.17) is 39.4 Å². The van der Waals surface area contributed by atoms with E-state index in [2.05, 4.69) is 358 Å². The van der Waals surface area contributed by atoms with E-state index in [9.17, 15) is 0 Å². The summed E-state index contributed by atoms with van der Waals surface area (Å²) < 4.78 is 13.5. The molecule has 23 rings (SSSR count). The van der Waals surface area contributed by atoms with Gasteiger partial charge in [0.05, 0.1) is 10.8 Å². The molecule has 2 spiro atoms. The standard InChI is InChI=1S/C104H62N6O2/c1-2-24-66(25-3-1)97-106-101(72-55-58-82-80-33-11-13-36-86(80)104(92(82)62-72)89-39-16-20-43-95(89)112-96-44-21-17-40-90(96)104)110-102(109-97)84-59-69(53-56-78(84)76-34-22-27-64-23-4-6-28-73(64)76)63-45-49-67(50-46-63)98-105-99(68-51-47-65(48-52-68)83-60-70-26-5-7-29-74(70)75-30-8-9-31-77(75)83)108-100(107-98)71-54-57-81-79-32-10-12-35-85(79)103(91(81)61-71)87-37-14-18-41-93(87)111-94-42-19-15-38-88(94)103/h1-62H. The number of nitrogens with zero attached hydrogens (tertiary/aromatic N) is 6. The van der Waals surface area contributed by atoms with Gasteiger partial charge in [0, 0.05) is 55.6 Å². The molecule has 4 heterocycles. The predicted octanol–water partition coefficient (Wildman–Crippen LogP) is 25.5. The van der Waals surface area contributed by atoms with Gasteiger partial charge in [-0.25, -0.2) is 29.9 Å². The highest BCUT2D eigenvalue weighted by Gasteiger charge is 2.53. The molecule has 0 unspecified atom stereocenters. The van der Waals surface area contributed by atoms with Crippen molar-refractivity contribution in [2.75, 3.05) is 0 Å². The summed E-state index contributed by atoms with van der Waals surface area (Å²) in [7, 11) is 0. The van der Waals surface area contributed by atoms with Crippen LogP contribution in [0.5, 0.6) is 23.0 Å². The lowest BCUT2D eigenvalue weighted by Crippen LogP contribution is -2.32. The van der Waals surface area contributed by atoms with Gasteiger partial charge in [0.15, 0.2) is 34.9 Å². The second kappa shape index (κ2) is 24.8. The summed E-state index contributed by atoms with van der Waals surface area (Å²) in [5.74, 6) is 6.64. The number of rotatable bonds is 9. The van der Waals surface area contributed by atoms with Gasteiger partial charge < -0.3 is 9.47 Å². The molecule has 2 aliphatic carbocycles. The van der Waals surface area contributed by atoms with Crippen LogP contribution in [0.25, 0.3) is 156 Å². The van der Waals surface area contributed by atoms with Gasteiger partial charge in [0.1, 0.15) is 23.0 Å². The molecular weight excluding hydrogens is 1370 g/mol. The number of para-hydroxylation sites is 4. The Morgan fingerprint density at radius 1 is 0.161 bits per heavy atom. The molecule has 0 saturated heterocycles. The SMILES string of the molecule is c1ccc(-c2nc(-c3ccc4c(c3)C3(c5ccccc5Oc5ccccc53)c3ccccc3-4)nc(-c3cc(-c4ccc(-c5nc(-c6ccc(-c7cc8ccccc8c8ccccc78)cc6)nc(-c6ccc7c(c6)C6(c8ccccc8Oc8ccccc86)c6ccccc6-7)n5)cc4)ccc3-c3cccc4ccccc34)n2)cc1. The van der Waals surface area contributed by atoms with Gasteiger partial charge in [-0.2, -0.15) is 0 Å². The summed E-state index contributed by atoms with van der Waals surface area (Å²) in [5, 5.41) is 7.10. The van der Waals surface area contributed by atoms with Gasteiger partial charge in [-0.1, -0.05) is 328 Å². The van der Waals surface area contributed by atoms with Crippen molar-refractivity contribution in [3.8, 4) is 147 Å². The Kier molecular flexibility index (Phi) is 14.0. The maximum atomic E-state index is 6.76. The molecule has 112 heavy (non-hydrogen) atoms. The van der Waals surface area contributed by atoms with Crippen molar-refractivity contribution in [1.82, 2.24) is 29.9 Å². The van der Waals surface area contributed by atoms with E-state index in [-0.39, 0.29) is 0 Å². The van der Waals surface area contributed by atoms with Gasteiger partial charge in [-0.3, -0.25) is 0 Å². The van der Waals surface area contributed by atoms with Crippen LogP contribution in [0, 0.1) is 0 Å². The summed E-state index contributed by atoms with van der Waals surface area (Å²) in [4.78, 5) is 33.1. The van der Waals surface area contributed by atoms with E-state index in [0.717, 1.165) is 145 Å². The van der Waals surface area contributed by atoms with Crippen LogP contribution >= 0.6 is 0 Å². The molecule has 2 aliphatic heterocycles. The van der Waals surface area contributed by atoms with Gasteiger partial charge >= 0.3 is 0 Å². The van der Waals surface area contributed by atoms with Crippen LogP contribution in [0.2, 0.25) is 0 Å². The minimum atomic E-state index is -0.695. The Morgan fingerprint density at radius 3 is 1.04 bits per heavy atom. The Morgan fingerprint density at radius 2 is 0.509 bits per heavy atom. The number of benzene rings is 17. The van der Waals surface area contributed by atoms with E-state index in [1.807, 2.05) is 18.2 Å². The van der Waals surface area contributed by atoms with Crippen molar-refractivity contribution in [3.63, 3.8) is 0 Å². The van der Waals surface area contributed by atoms with E-state index in [1.165, 1.54) is 43.8 Å². The monoisotopic (exact) mass is 1430 g/mol. The molecule has 8 heteroatoms.